The lowest BCUT2D eigenvalue weighted by Gasteiger charge is -2.28. The lowest BCUT2D eigenvalue weighted by molar-refractivity contribution is -0.0487. The summed E-state index contributed by atoms with van der Waals surface area (Å²) in [6.45, 7) is 8.54. The van der Waals surface area contributed by atoms with E-state index in [0.717, 1.165) is 0 Å². The Morgan fingerprint density at radius 2 is 1.90 bits per heavy atom. The number of unbranched alkanes of at least 4 members (excludes halogenated alkanes) is 1. The van der Waals surface area contributed by atoms with Crippen molar-refractivity contribution in [1.82, 2.24) is 5.32 Å². The predicted molar refractivity (Wildman–Crippen MR) is 74.9 cm³/mol. The molecule has 0 fully saturated rings. The standard InChI is InChI=1S/C14H26FNO4/c1-13(2,3)20-12(18)16-14(4,5)19-9-7-6-8-11(15)10-17/h8,17H,6-7,9-10H2,1-5H3,(H,16,18)/b11-8-. The van der Waals surface area contributed by atoms with Gasteiger partial charge in [0.05, 0.1) is 6.61 Å². The predicted octanol–water partition coefficient (Wildman–Crippen LogP) is 2.89. The second kappa shape index (κ2) is 8.21. The summed E-state index contributed by atoms with van der Waals surface area (Å²) in [5.41, 5.74) is -1.42. The minimum Gasteiger partial charge on any atom is -0.444 e. The summed E-state index contributed by atoms with van der Waals surface area (Å²) in [5, 5.41) is 11.1. The minimum absolute atomic E-state index is 0.359. The zero-order valence-electron chi connectivity index (χ0n) is 13.0. The molecule has 0 saturated heterocycles. The maximum atomic E-state index is 12.6. The zero-order chi connectivity index (χ0) is 15.8. The van der Waals surface area contributed by atoms with Crippen molar-refractivity contribution in [3.63, 3.8) is 0 Å². The number of carbonyl (C=O) groups excluding carboxylic acids is 1. The molecule has 118 valence electrons. The van der Waals surface area contributed by atoms with E-state index in [2.05, 4.69) is 5.32 Å². The highest BCUT2D eigenvalue weighted by molar-refractivity contribution is 5.68. The molecule has 0 saturated carbocycles. The molecule has 0 bridgehead atoms. The first-order valence-electron chi connectivity index (χ1n) is 6.66. The first kappa shape index (κ1) is 18.9. The molecular weight excluding hydrogens is 265 g/mol. The molecule has 0 atom stereocenters. The van der Waals surface area contributed by atoms with Gasteiger partial charge in [0, 0.05) is 6.61 Å². The molecule has 0 aromatic carbocycles. The van der Waals surface area contributed by atoms with Gasteiger partial charge in [0.15, 0.2) is 0 Å². The molecule has 0 heterocycles. The second-order valence-electron chi connectivity index (χ2n) is 5.94. The number of nitrogens with one attached hydrogen (secondary N) is 1. The van der Waals surface area contributed by atoms with Gasteiger partial charge in [0.2, 0.25) is 0 Å². The van der Waals surface area contributed by atoms with Crippen molar-refractivity contribution in [3.8, 4) is 0 Å². The van der Waals surface area contributed by atoms with Gasteiger partial charge in [-0.2, -0.15) is 0 Å². The van der Waals surface area contributed by atoms with E-state index in [1.54, 1.807) is 34.6 Å². The van der Waals surface area contributed by atoms with Gasteiger partial charge in [0.1, 0.15) is 17.2 Å². The quantitative estimate of drug-likeness (QED) is 0.559. The molecule has 0 rings (SSSR count). The van der Waals surface area contributed by atoms with Crippen LogP contribution in [-0.2, 0) is 9.47 Å². The molecule has 0 aromatic heterocycles. The number of amides is 1. The van der Waals surface area contributed by atoms with Crippen molar-refractivity contribution < 1.29 is 23.8 Å². The van der Waals surface area contributed by atoms with Crippen molar-refractivity contribution in [2.45, 2.75) is 58.8 Å². The second-order valence-corrected chi connectivity index (χ2v) is 5.94. The van der Waals surface area contributed by atoms with Gasteiger partial charge in [0.25, 0.3) is 0 Å². The average Bonchev–Trinajstić information content (AvgIpc) is 2.24. The largest absolute Gasteiger partial charge is 0.444 e. The number of hydrogen-bond donors (Lipinski definition) is 2. The summed E-state index contributed by atoms with van der Waals surface area (Å²) >= 11 is 0. The van der Waals surface area contributed by atoms with Gasteiger partial charge in [-0.3, -0.25) is 5.32 Å². The van der Waals surface area contributed by atoms with Crippen LogP contribution in [-0.4, -0.2) is 35.7 Å². The van der Waals surface area contributed by atoms with E-state index in [1.165, 1.54) is 6.08 Å². The summed E-state index contributed by atoms with van der Waals surface area (Å²) < 4.78 is 23.3. The van der Waals surface area contributed by atoms with E-state index in [1.807, 2.05) is 0 Å². The fourth-order valence-electron chi connectivity index (χ4n) is 1.32. The van der Waals surface area contributed by atoms with E-state index >= 15 is 0 Å². The first-order valence-corrected chi connectivity index (χ1v) is 6.66. The molecule has 20 heavy (non-hydrogen) atoms. The Morgan fingerprint density at radius 1 is 1.30 bits per heavy atom. The molecular formula is C14H26FNO4. The Hall–Kier alpha value is -1.14. The highest BCUT2D eigenvalue weighted by atomic mass is 19.1. The normalized spacial score (nSPS) is 13.2. The molecule has 0 radical (unpaired) electrons. The fraction of sp³-hybridized carbons (Fsp3) is 0.786. The van der Waals surface area contributed by atoms with Gasteiger partial charge in [-0.15, -0.1) is 0 Å². The van der Waals surface area contributed by atoms with Crippen LogP contribution >= 0.6 is 0 Å². The van der Waals surface area contributed by atoms with Gasteiger partial charge in [-0.05, 0) is 47.5 Å². The number of rotatable bonds is 7. The van der Waals surface area contributed by atoms with E-state index in [4.69, 9.17) is 14.6 Å². The molecule has 0 aliphatic carbocycles. The average molecular weight is 291 g/mol. The van der Waals surface area contributed by atoms with E-state index in [9.17, 15) is 9.18 Å². The molecule has 6 heteroatoms. The van der Waals surface area contributed by atoms with Crippen molar-refractivity contribution in [3.05, 3.63) is 11.9 Å². The lowest BCUT2D eigenvalue weighted by atomic mass is 10.2. The Labute approximate surface area is 120 Å². The lowest BCUT2D eigenvalue weighted by Crippen LogP contribution is -2.47. The number of hydrogen-bond acceptors (Lipinski definition) is 4. The molecule has 0 aliphatic rings. The maximum absolute atomic E-state index is 12.6. The monoisotopic (exact) mass is 291 g/mol. The van der Waals surface area contributed by atoms with E-state index in [-0.39, 0.29) is 0 Å². The van der Waals surface area contributed by atoms with Crippen molar-refractivity contribution in [2.24, 2.45) is 0 Å². The molecule has 0 aliphatic heterocycles. The van der Waals surface area contributed by atoms with Crippen LogP contribution in [0.5, 0.6) is 0 Å². The third-order valence-corrected chi connectivity index (χ3v) is 2.13. The van der Waals surface area contributed by atoms with Crippen molar-refractivity contribution >= 4 is 6.09 Å². The van der Waals surface area contributed by atoms with Crippen LogP contribution < -0.4 is 5.32 Å². The highest BCUT2D eigenvalue weighted by Gasteiger charge is 2.24. The Morgan fingerprint density at radius 3 is 2.40 bits per heavy atom. The summed E-state index contributed by atoms with van der Waals surface area (Å²) in [5.74, 6) is -0.545. The van der Waals surface area contributed by atoms with Gasteiger partial charge in [-0.25, -0.2) is 9.18 Å². The highest BCUT2D eigenvalue weighted by Crippen LogP contribution is 2.11. The van der Waals surface area contributed by atoms with Crippen LogP contribution in [0.3, 0.4) is 0 Å². The van der Waals surface area contributed by atoms with Crippen LogP contribution in [0.2, 0.25) is 0 Å². The Kier molecular flexibility index (Phi) is 7.75. The summed E-state index contributed by atoms with van der Waals surface area (Å²) in [7, 11) is 0. The number of carbonyl (C=O) groups is 1. The smallest absolute Gasteiger partial charge is 0.409 e. The molecule has 2 N–H and O–H groups in total. The van der Waals surface area contributed by atoms with Crippen LogP contribution in [0, 0.1) is 0 Å². The Balaban J connectivity index is 3.98. The van der Waals surface area contributed by atoms with Crippen LogP contribution in [0.15, 0.2) is 11.9 Å². The SMILES string of the molecule is CC(C)(C)OC(=O)NC(C)(C)OCCC/C=C(\F)CO. The summed E-state index contributed by atoms with van der Waals surface area (Å²) in [6.07, 6.45) is 1.83. The number of halogens is 1. The first-order chi connectivity index (χ1) is 9.06. The number of ether oxygens (including phenoxy) is 2. The van der Waals surface area contributed by atoms with Crippen molar-refractivity contribution in [2.75, 3.05) is 13.2 Å². The maximum Gasteiger partial charge on any atom is 0.409 e. The van der Waals surface area contributed by atoms with Crippen LogP contribution in [0.1, 0.15) is 47.5 Å². The molecule has 1 amide bonds. The summed E-state index contributed by atoms with van der Waals surface area (Å²) in [6, 6.07) is 0. The van der Waals surface area contributed by atoms with Gasteiger partial charge in [-0.1, -0.05) is 6.08 Å². The number of aliphatic hydroxyl groups excluding tert-OH is 1. The summed E-state index contributed by atoms with van der Waals surface area (Å²) in [4.78, 5) is 11.6. The zero-order valence-corrected chi connectivity index (χ0v) is 13.0. The molecule has 0 aromatic rings. The molecule has 5 nitrogen and oxygen atoms in total. The van der Waals surface area contributed by atoms with Gasteiger partial charge >= 0.3 is 6.09 Å². The fourth-order valence-corrected chi connectivity index (χ4v) is 1.32. The van der Waals surface area contributed by atoms with E-state index < -0.39 is 29.9 Å². The Bertz CT molecular complexity index is 335. The number of alkyl carbamates (subject to hydrolysis) is 1. The number of aliphatic hydroxyl groups is 1. The van der Waals surface area contributed by atoms with E-state index in [0.29, 0.717) is 19.4 Å². The molecule has 0 unspecified atom stereocenters. The van der Waals surface area contributed by atoms with Gasteiger partial charge < -0.3 is 14.6 Å². The van der Waals surface area contributed by atoms with Crippen LogP contribution in [0.25, 0.3) is 0 Å². The topological polar surface area (TPSA) is 67.8 Å². The van der Waals surface area contributed by atoms with Crippen molar-refractivity contribution in [1.29, 1.82) is 0 Å². The number of allylic oxidation sites excluding steroid dienone is 1. The third-order valence-electron chi connectivity index (χ3n) is 2.13. The molecule has 0 spiro atoms. The minimum atomic E-state index is -0.860. The third kappa shape index (κ3) is 10.8. The van der Waals surface area contributed by atoms with Crippen LogP contribution in [0.4, 0.5) is 9.18 Å².